The van der Waals surface area contributed by atoms with E-state index in [4.69, 9.17) is 4.74 Å². The standard InChI is InChI=1S/C18H22N4O2S2/c1-17(2,3)24-15(23)21-18(4,5)14-20-11-12-13(7-6-9-22(12)14)26-16-19-8-10-25-16/h6-11H,1-5H3,(H,21,23). The summed E-state index contributed by atoms with van der Waals surface area (Å²) < 4.78 is 8.35. The molecule has 0 atom stereocenters. The third kappa shape index (κ3) is 4.19. The Hall–Kier alpha value is -2.06. The number of alkyl carbamates (subject to hydrolysis) is 1. The lowest BCUT2D eigenvalue weighted by Gasteiger charge is -2.27. The number of rotatable bonds is 4. The maximum absolute atomic E-state index is 12.2. The Kier molecular flexibility index (Phi) is 4.98. The van der Waals surface area contributed by atoms with Crippen LogP contribution in [0.5, 0.6) is 0 Å². The molecule has 26 heavy (non-hydrogen) atoms. The minimum absolute atomic E-state index is 0.465. The van der Waals surface area contributed by atoms with Gasteiger partial charge in [-0.3, -0.25) is 0 Å². The predicted octanol–water partition coefficient (Wildman–Crippen LogP) is 4.70. The molecule has 0 aliphatic carbocycles. The Balaban J connectivity index is 1.89. The van der Waals surface area contributed by atoms with Crippen LogP contribution in [0.4, 0.5) is 4.79 Å². The Morgan fingerprint density at radius 2 is 2.04 bits per heavy atom. The number of pyridine rings is 1. The second-order valence-corrected chi connectivity index (χ2v) is 9.55. The van der Waals surface area contributed by atoms with Crippen LogP contribution in [0.25, 0.3) is 5.52 Å². The van der Waals surface area contributed by atoms with Crippen molar-refractivity contribution in [2.24, 2.45) is 0 Å². The van der Waals surface area contributed by atoms with Gasteiger partial charge in [-0.25, -0.2) is 14.8 Å². The minimum atomic E-state index is -0.695. The molecule has 1 N–H and O–H groups in total. The highest BCUT2D eigenvalue weighted by Gasteiger charge is 2.30. The van der Waals surface area contributed by atoms with Gasteiger partial charge in [0.1, 0.15) is 11.4 Å². The molecule has 0 unspecified atom stereocenters. The van der Waals surface area contributed by atoms with Crippen molar-refractivity contribution < 1.29 is 9.53 Å². The first-order chi connectivity index (χ1) is 12.2. The minimum Gasteiger partial charge on any atom is -0.444 e. The monoisotopic (exact) mass is 390 g/mol. The molecule has 0 aliphatic rings. The van der Waals surface area contributed by atoms with Crippen LogP contribution in [-0.2, 0) is 10.3 Å². The van der Waals surface area contributed by atoms with Gasteiger partial charge in [0.25, 0.3) is 0 Å². The molecule has 1 amide bonds. The lowest BCUT2D eigenvalue weighted by atomic mass is 10.1. The van der Waals surface area contributed by atoms with Gasteiger partial charge in [-0.1, -0.05) is 11.8 Å². The van der Waals surface area contributed by atoms with Crippen LogP contribution in [0.15, 0.2) is 45.3 Å². The molecule has 3 aromatic heterocycles. The Morgan fingerprint density at radius 3 is 2.69 bits per heavy atom. The van der Waals surface area contributed by atoms with Gasteiger partial charge in [0, 0.05) is 22.7 Å². The molecule has 0 spiro atoms. The number of aromatic nitrogens is 3. The van der Waals surface area contributed by atoms with Gasteiger partial charge < -0.3 is 14.5 Å². The lowest BCUT2D eigenvalue weighted by Crippen LogP contribution is -2.44. The van der Waals surface area contributed by atoms with Gasteiger partial charge >= 0.3 is 6.09 Å². The topological polar surface area (TPSA) is 68.5 Å². The quantitative estimate of drug-likeness (QED) is 0.699. The summed E-state index contributed by atoms with van der Waals surface area (Å²) >= 11 is 3.20. The number of fused-ring (bicyclic) bond motifs is 1. The van der Waals surface area contributed by atoms with E-state index < -0.39 is 17.2 Å². The van der Waals surface area contributed by atoms with Crippen molar-refractivity contribution in [1.82, 2.24) is 19.7 Å². The van der Waals surface area contributed by atoms with E-state index in [2.05, 4.69) is 15.3 Å². The van der Waals surface area contributed by atoms with Gasteiger partial charge in [0.15, 0.2) is 4.34 Å². The number of ether oxygens (including phenoxy) is 1. The van der Waals surface area contributed by atoms with Crippen molar-refractivity contribution in [3.8, 4) is 0 Å². The number of nitrogens with one attached hydrogen (secondary N) is 1. The number of hydrogen-bond donors (Lipinski definition) is 1. The van der Waals surface area contributed by atoms with Crippen LogP contribution in [0.2, 0.25) is 0 Å². The molecule has 0 saturated carbocycles. The number of amides is 1. The van der Waals surface area contributed by atoms with E-state index in [-0.39, 0.29) is 0 Å². The number of carbonyl (C=O) groups excluding carboxylic acids is 1. The highest BCUT2D eigenvalue weighted by atomic mass is 32.2. The van der Waals surface area contributed by atoms with Crippen molar-refractivity contribution in [3.05, 3.63) is 41.9 Å². The first kappa shape index (κ1) is 18.7. The highest BCUT2D eigenvalue weighted by molar-refractivity contribution is 8.01. The zero-order chi connectivity index (χ0) is 18.9. The normalized spacial score (nSPS) is 12.3. The van der Waals surface area contributed by atoms with E-state index in [9.17, 15) is 4.79 Å². The Labute approximate surface area is 161 Å². The van der Waals surface area contributed by atoms with Gasteiger partial charge in [-0.2, -0.15) is 0 Å². The molecular formula is C18H22N4O2S2. The molecular weight excluding hydrogens is 368 g/mol. The van der Waals surface area contributed by atoms with E-state index in [0.717, 1.165) is 20.6 Å². The second-order valence-electron chi connectivity index (χ2n) is 7.36. The van der Waals surface area contributed by atoms with Gasteiger partial charge in [-0.15, -0.1) is 11.3 Å². The van der Waals surface area contributed by atoms with Crippen LogP contribution < -0.4 is 5.32 Å². The van der Waals surface area contributed by atoms with Crippen LogP contribution in [0.3, 0.4) is 0 Å². The molecule has 8 heteroatoms. The summed E-state index contributed by atoms with van der Waals surface area (Å²) in [6.07, 6.45) is 5.10. The predicted molar refractivity (Wildman–Crippen MR) is 104 cm³/mol. The van der Waals surface area contributed by atoms with Crippen molar-refractivity contribution in [2.75, 3.05) is 0 Å². The molecule has 3 heterocycles. The van der Waals surface area contributed by atoms with Gasteiger partial charge in [-0.05, 0) is 46.8 Å². The van der Waals surface area contributed by atoms with Crippen molar-refractivity contribution in [2.45, 2.75) is 55.0 Å². The zero-order valence-corrected chi connectivity index (χ0v) is 17.1. The maximum atomic E-state index is 12.2. The molecule has 0 bridgehead atoms. The third-order valence-electron chi connectivity index (χ3n) is 3.51. The summed E-state index contributed by atoms with van der Waals surface area (Å²) in [7, 11) is 0. The molecule has 0 aliphatic heterocycles. The van der Waals surface area contributed by atoms with E-state index in [1.165, 1.54) is 0 Å². The molecule has 0 saturated heterocycles. The summed E-state index contributed by atoms with van der Waals surface area (Å²) in [4.78, 5) is 22.2. The Bertz CT molecular complexity index is 911. The third-order valence-corrected chi connectivity index (χ3v) is 5.46. The Morgan fingerprint density at radius 1 is 1.27 bits per heavy atom. The van der Waals surface area contributed by atoms with E-state index in [1.54, 1.807) is 29.3 Å². The fourth-order valence-corrected chi connectivity index (χ4v) is 4.21. The van der Waals surface area contributed by atoms with Gasteiger partial charge in [0.05, 0.1) is 17.3 Å². The van der Waals surface area contributed by atoms with E-state index in [1.807, 2.05) is 68.9 Å². The second kappa shape index (κ2) is 6.92. The summed E-state index contributed by atoms with van der Waals surface area (Å²) in [5.74, 6) is 0.736. The fraction of sp³-hybridized carbons (Fsp3) is 0.389. The molecule has 6 nitrogen and oxygen atoms in total. The van der Waals surface area contributed by atoms with Crippen molar-refractivity contribution in [3.63, 3.8) is 0 Å². The number of imidazole rings is 1. The average molecular weight is 391 g/mol. The van der Waals surface area contributed by atoms with Gasteiger partial charge in [0.2, 0.25) is 0 Å². The van der Waals surface area contributed by atoms with E-state index >= 15 is 0 Å². The van der Waals surface area contributed by atoms with Crippen LogP contribution >= 0.6 is 23.1 Å². The molecule has 0 radical (unpaired) electrons. The zero-order valence-electron chi connectivity index (χ0n) is 15.4. The number of hydrogen-bond acceptors (Lipinski definition) is 6. The average Bonchev–Trinajstić information content (AvgIpc) is 3.13. The summed E-state index contributed by atoms with van der Waals surface area (Å²) in [6.45, 7) is 9.34. The SMILES string of the molecule is CC(C)(C)OC(=O)NC(C)(C)c1ncc2c(Sc3nccs3)cccn12. The van der Waals surface area contributed by atoms with Crippen molar-refractivity contribution >= 4 is 34.7 Å². The summed E-state index contributed by atoms with van der Waals surface area (Å²) in [5.41, 5.74) is -0.271. The first-order valence-corrected chi connectivity index (χ1v) is 9.90. The van der Waals surface area contributed by atoms with E-state index in [0.29, 0.717) is 0 Å². The number of carbonyl (C=O) groups is 1. The number of thiazole rings is 1. The maximum Gasteiger partial charge on any atom is 0.408 e. The van der Waals surface area contributed by atoms with Crippen LogP contribution in [0.1, 0.15) is 40.4 Å². The lowest BCUT2D eigenvalue weighted by molar-refractivity contribution is 0.0466. The molecule has 138 valence electrons. The molecule has 3 rings (SSSR count). The molecule has 0 fully saturated rings. The largest absolute Gasteiger partial charge is 0.444 e. The van der Waals surface area contributed by atoms with Crippen LogP contribution in [0, 0.1) is 0 Å². The number of nitrogens with zero attached hydrogens (tertiary/aromatic N) is 3. The molecule has 0 aromatic carbocycles. The fourth-order valence-electron chi connectivity index (χ4n) is 2.51. The van der Waals surface area contributed by atoms with Crippen molar-refractivity contribution in [1.29, 1.82) is 0 Å². The first-order valence-electron chi connectivity index (χ1n) is 8.21. The highest BCUT2D eigenvalue weighted by Crippen LogP contribution is 2.33. The smallest absolute Gasteiger partial charge is 0.408 e. The summed E-state index contributed by atoms with van der Waals surface area (Å²) in [5, 5.41) is 4.87. The summed E-state index contributed by atoms with van der Waals surface area (Å²) in [6, 6.07) is 4.01. The molecule has 3 aromatic rings. The van der Waals surface area contributed by atoms with Crippen LogP contribution in [-0.4, -0.2) is 26.1 Å².